The molecule has 1 aromatic rings. The third-order valence-electron chi connectivity index (χ3n) is 2.72. The molecule has 1 atom stereocenters. The molecule has 92 valence electrons. The Morgan fingerprint density at radius 3 is 3.00 bits per heavy atom. The maximum absolute atomic E-state index is 12.9. The lowest BCUT2D eigenvalue weighted by atomic mass is 10.0. The highest BCUT2D eigenvalue weighted by Gasteiger charge is 2.21. The summed E-state index contributed by atoms with van der Waals surface area (Å²) in [6.07, 6.45) is 1.71. The lowest BCUT2D eigenvalue weighted by Crippen LogP contribution is -2.30. The van der Waals surface area contributed by atoms with Gasteiger partial charge in [-0.25, -0.2) is 4.39 Å². The summed E-state index contributed by atoms with van der Waals surface area (Å²) in [5.74, 6) is -0.731. The Morgan fingerprint density at radius 2 is 2.35 bits per heavy atom. The fraction of sp³-hybridized carbons (Fsp3) is 0.417. The van der Waals surface area contributed by atoms with Gasteiger partial charge in [0.05, 0.1) is 17.5 Å². The lowest BCUT2D eigenvalue weighted by Gasteiger charge is -2.21. The first-order valence-corrected chi connectivity index (χ1v) is 5.88. The summed E-state index contributed by atoms with van der Waals surface area (Å²) in [5.41, 5.74) is 0.506. The van der Waals surface area contributed by atoms with Gasteiger partial charge in [0, 0.05) is 12.3 Å². The molecule has 0 saturated carbocycles. The summed E-state index contributed by atoms with van der Waals surface area (Å²) in [6.45, 7) is 1.16. The molecule has 0 bridgehead atoms. The number of carbonyl (C=O) groups excluding carboxylic acids is 1. The van der Waals surface area contributed by atoms with Crippen LogP contribution in [-0.4, -0.2) is 19.1 Å². The van der Waals surface area contributed by atoms with Crippen molar-refractivity contribution in [1.29, 1.82) is 0 Å². The lowest BCUT2D eigenvalue weighted by molar-refractivity contribution is -0.123. The van der Waals surface area contributed by atoms with Crippen molar-refractivity contribution in [3.63, 3.8) is 0 Å². The van der Waals surface area contributed by atoms with Gasteiger partial charge in [-0.1, -0.05) is 11.6 Å². The Labute approximate surface area is 104 Å². The van der Waals surface area contributed by atoms with Crippen LogP contribution >= 0.6 is 11.6 Å². The van der Waals surface area contributed by atoms with E-state index in [1.54, 1.807) is 0 Å². The first kappa shape index (κ1) is 12.3. The van der Waals surface area contributed by atoms with E-state index < -0.39 is 5.82 Å². The van der Waals surface area contributed by atoms with Crippen molar-refractivity contribution in [2.75, 3.05) is 18.5 Å². The van der Waals surface area contributed by atoms with Crippen LogP contribution in [0.15, 0.2) is 18.2 Å². The van der Waals surface area contributed by atoms with Gasteiger partial charge in [-0.05, 0) is 31.0 Å². The van der Waals surface area contributed by atoms with Crippen LogP contribution in [0.2, 0.25) is 5.02 Å². The number of nitrogens with one attached hydrogen (secondary N) is 1. The van der Waals surface area contributed by atoms with E-state index >= 15 is 0 Å². The Bertz CT molecular complexity index is 419. The quantitative estimate of drug-likeness (QED) is 0.885. The molecule has 1 saturated heterocycles. The highest BCUT2D eigenvalue weighted by Crippen LogP contribution is 2.21. The van der Waals surface area contributed by atoms with Crippen molar-refractivity contribution in [2.24, 2.45) is 5.92 Å². The molecule has 0 aromatic heterocycles. The van der Waals surface area contributed by atoms with Gasteiger partial charge in [-0.3, -0.25) is 4.79 Å². The summed E-state index contributed by atoms with van der Waals surface area (Å²) in [5, 5.41) is 2.71. The zero-order valence-electron chi connectivity index (χ0n) is 9.21. The van der Waals surface area contributed by atoms with E-state index in [2.05, 4.69) is 5.32 Å². The fourth-order valence-corrected chi connectivity index (χ4v) is 1.95. The number of hydrogen-bond donors (Lipinski definition) is 1. The molecular formula is C12H13ClFNO2. The van der Waals surface area contributed by atoms with Gasteiger partial charge in [-0.15, -0.1) is 0 Å². The van der Waals surface area contributed by atoms with Crippen LogP contribution in [0.4, 0.5) is 10.1 Å². The number of anilines is 1. The molecule has 3 nitrogen and oxygen atoms in total. The molecule has 1 aliphatic rings. The number of benzene rings is 1. The van der Waals surface area contributed by atoms with Gasteiger partial charge in [-0.2, -0.15) is 0 Å². The average Bonchev–Trinajstić information content (AvgIpc) is 2.35. The van der Waals surface area contributed by atoms with E-state index in [4.69, 9.17) is 16.3 Å². The molecule has 1 fully saturated rings. The standard InChI is InChI=1S/C12H13ClFNO2/c13-10-6-9(3-4-11(10)14)15-12(16)8-2-1-5-17-7-8/h3-4,6,8H,1-2,5,7H2,(H,15,16). The smallest absolute Gasteiger partial charge is 0.229 e. The number of ether oxygens (including phenoxy) is 1. The molecule has 0 radical (unpaired) electrons. The predicted molar refractivity (Wildman–Crippen MR) is 63.6 cm³/mol. The Morgan fingerprint density at radius 1 is 1.53 bits per heavy atom. The molecule has 2 rings (SSSR count). The highest BCUT2D eigenvalue weighted by atomic mass is 35.5. The molecule has 5 heteroatoms. The van der Waals surface area contributed by atoms with E-state index in [9.17, 15) is 9.18 Å². The Hall–Kier alpha value is -1.13. The molecule has 1 aromatic carbocycles. The van der Waals surface area contributed by atoms with Gasteiger partial charge in [0.2, 0.25) is 5.91 Å². The summed E-state index contributed by atoms with van der Waals surface area (Å²) in [7, 11) is 0. The molecule has 17 heavy (non-hydrogen) atoms. The largest absolute Gasteiger partial charge is 0.381 e. The van der Waals surface area contributed by atoms with E-state index in [0.29, 0.717) is 18.9 Å². The Balaban J connectivity index is 1.99. The van der Waals surface area contributed by atoms with Crippen LogP contribution in [0.1, 0.15) is 12.8 Å². The second kappa shape index (κ2) is 5.47. The van der Waals surface area contributed by atoms with Gasteiger partial charge >= 0.3 is 0 Å². The summed E-state index contributed by atoms with van der Waals surface area (Å²) < 4.78 is 18.2. The maximum atomic E-state index is 12.9. The normalized spacial score (nSPS) is 20.0. The van der Waals surface area contributed by atoms with E-state index in [1.807, 2.05) is 0 Å². The minimum absolute atomic E-state index is 0.00249. The minimum atomic E-state index is -0.495. The van der Waals surface area contributed by atoms with Gasteiger partial charge in [0.25, 0.3) is 0 Å². The van der Waals surface area contributed by atoms with Crippen LogP contribution in [0, 0.1) is 11.7 Å². The van der Waals surface area contributed by atoms with E-state index in [-0.39, 0.29) is 16.8 Å². The molecule has 0 aliphatic carbocycles. The second-order valence-electron chi connectivity index (χ2n) is 4.03. The number of carbonyl (C=O) groups is 1. The maximum Gasteiger partial charge on any atom is 0.229 e. The first-order chi connectivity index (χ1) is 8.16. The highest BCUT2D eigenvalue weighted by molar-refractivity contribution is 6.31. The van der Waals surface area contributed by atoms with Crippen molar-refractivity contribution in [1.82, 2.24) is 0 Å². The molecule has 1 unspecified atom stereocenters. The number of hydrogen-bond acceptors (Lipinski definition) is 2. The average molecular weight is 258 g/mol. The Kier molecular flexibility index (Phi) is 3.97. The summed E-state index contributed by atoms with van der Waals surface area (Å²) >= 11 is 5.63. The molecule has 1 N–H and O–H groups in total. The number of halogens is 2. The van der Waals surface area contributed by atoms with E-state index in [0.717, 1.165) is 12.8 Å². The van der Waals surface area contributed by atoms with Gasteiger partial charge < -0.3 is 10.1 Å². The second-order valence-corrected chi connectivity index (χ2v) is 4.44. The van der Waals surface area contributed by atoms with Gasteiger partial charge in [0.1, 0.15) is 5.82 Å². The van der Waals surface area contributed by atoms with Crippen molar-refractivity contribution in [2.45, 2.75) is 12.8 Å². The minimum Gasteiger partial charge on any atom is -0.381 e. The van der Waals surface area contributed by atoms with E-state index in [1.165, 1.54) is 18.2 Å². The zero-order valence-corrected chi connectivity index (χ0v) is 9.97. The van der Waals surface area contributed by atoms with Crippen molar-refractivity contribution >= 4 is 23.2 Å². The third-order valence-corrected chi connectivity index (χ3v) is 3.01. The van der Waals surface area contributed by atoms with Crippen LogP contribution in [0.25, 0.3) is 0 Å². The van der Waals surface area contributed by atoms with Crippen molar-refractivity contribution < 1.29 is 13.9 Å². The molecule has 1 aliphatic heterocycles. The SMILES string of the molecule is O=C(Nc1ccc(F)c(Cl)c1)C1CCCOC1. The molecule has 0 spiro atoms. The molecular weight excluding hydrogens is 245 g/mol. The van der Waals surface area contributed by atoms with Crippen LogP contribution < -0.4 is 5.32 Å². The zero-order chi connectivity index (χ0) is 12.3. The van der Waals surface area contributed by atoms with Crippen LogP contribution in [0.3, 0.4) is 0 Å². The van der Waals surface area contributed by atoms with Crippen molar-refractivity contribution in [3.8, 4) is 0 Å². The fourth-order valence-electron chi connectivity index (χ4n) is 1.77. The predicted octanol–water partition coefficient (Wildman–Crippen LogP) is 2.84. The third kappa shape index (κ3) is 3.17. The monoisotopic (exact) mass is 257 g/mol. The van der Waals surface area contributed by atoms with Crippen molar-refractivity contribution in [3.05, 3.63) is 29.0 Å². The first-order valence-electron chi connectivity index (χ1n) is 5.50. The summed E-state index contributed by atoms with van der Waals surface area (Å²) in [4.78, 5) is 11.8. The van der Waals surface area contributed by atoms with Crippen LogP contribution in [-0.2, 0) is 9.53 Å². The van der Waals surface area contributed by atoms with Gasteiger partial charge in [0.15, 0.2) is 0 Å². The number of amides is 1. The summed E-state index contributed by atoms with van der Waals surface area (Å²) in [6, 6.07) is 4.12. The molecule has 1 heterocycles. The van der Waals surface area contributed by atoms with Crippen LogP contribution in [0.5, 0.6) is 0 Å². The topological polar surface area (TPSA) is 38.3 Å². The number of rotatable bonds is 2. The molecule has 1 amide bonds.